The highest BCUT2D eigenvalue weighted by atomic mass is 32.1. The van der Waals surface area contributed by atoms with E-state index in [0.29, 0.717) is 25.1 Å². The van der Waals surface area contributed by atoms with Crippen molar-refractivity contribution in [2.75, 3.05) is 13.1 Å². The highest BCUT2D eigenvalue weighted by Gasteiger charge is 2.24. The Morgan fingerprint density at radius 3 is 2.62 bits per heavy atom. The lowest BCUT2D eigenvalue weighted by Crippen LogP contribution is -2.46. The van der Waals surface area contributed by atoms with Gasteiger partial charge in [-0.1, -0.05) is 6.07 Å². The number of piperidine rings is 1. The smallest absolute Gasteiger partial charge is 0.253 e. The Balaban J connectivity index is 1.42. The predicted octanol–water partition coefficient (Wildman–Crippen LogP) is 2.50. The molecular formula is C18H21N3O2S. The maximum Gasteiger partial charge on any atom is 0.253 e. The van der Waals surface area contributed by atoms with E-state index in [-0.39, 0.29) is 17.9 Å². The monoisotopic (exact) mass is 343 g/mol. The fraction of sp³-hybridized carbons (Fsp3) is 0.389. The zero-order chi connectivity index (χ0) is 16.8. The number of nitrogens with one attached hydrogen (secondary N) is 1. The molecular weight excluding hydrogens is 322 g/mol. The Kier molecular flexibility index (Phi) is 5.59. The lowest BCUT2D eigenvalue weighted by atomic mass is 10.0. The van der Waals surface area contributed by atoms with Crippen molar-refractivity contribution in [3.05, 3.63) is 52.5 Å². The number of hydrogen-bond donors (Lipinski definition) is 1. The van der Waals surface area contributed by atoms with Gasteiger partial charge in [0.15, 0.2) is 0 Å². The van der Waals surface area contributed by atoms with Crippen LogP contribution in [-0.4, -0.2) is 40.8 Å². The first-order valence-electron chi connectivity index (χ1n) is 8.23. The Bertz CT molecular complexity index is 665. The maximum absolute atomic E-state index is 12.4. The number of likely N-dealkylation sites (tertiary alicyclic amines) is 1. The minimum absolute atomic E-state index is 0.0415. The van der Waals surface area contributed by atoms with Crippen LogP contribution >= 0.6 is 11.3 Å². The molecule has 6 heteroatoms. The van der Waals surface area contributed by atoms with Gasteiger partial charge in [-0.2, -0.15) is 0 Å². The number of hydrogen-bond acceptors (Lipinski definition) is 4. The number of pyridine rings is 1. The van der Waals surface area contributed by atoms with E-state index in [1.165, 1.54) is 4.88 Å². The average molecular weight is 343 g/mol. The Morgan fingerprint density at radius 1 is 1.21 bits per heavy atom. The third-order valence-corrected chi connectivity index (χ3v) is 5.19. The van der Waals surface area contributed by atoms with Gasteiger partial charge in [0.1, 0.15) is 0 Å². The van der Waals surface area contributed by atoms with Crippen molar-refractivity contribution in [2.45, 2.75) is 31.7 Å². The van der Waals surface area contributed by atoms with Crippen LogP contribution in [0.1, 0.15) is 34.5 Å². The lowest BCUT2D eigenvalue weighted by Gasteiger charge is -2.32. The molecule has 5 nitrogen and oxygen atoms in total. The van der Waals surface area contributed by atoms with Crippen molar-refractivity contribution in [1.82, 2.24) is 15.2 Å². The van der Waals surface area contributed by atoms with Crippen LogP contribution in [0, 0.1) is 0 Å². The van der Waals surface area contributed by atoms with Gasteiger partial charge in [-0.05, 0) is 42.8 Å². The molecule has 0 bridgehead atoms. The molecule has 0 aliphatic carbocycles. The van der Waals surface area contributed by atoms with Gasteiger partial charge in [-0.3, -0.25) is 14.6 Å². The van der Waals surface area contributed by atoms with Gasteiger partial charge in [0.05, 0.1) is 0 Å². The van der Waals surface area contributed by atoms with Crippen molar-refractivity contribution in [2.24, 2.45) is 0 Å². The summed E-state index contributed by atoms with van der Waals surface area (Å²) in [6, 6.07) is 7.71. The van der Waals surface area contributed by atoms with Gasteiger partial charge in [-0.25, -0.2) is 0 Å². The van der Waals surface area contributed by atoms with Gasteiger partial charge in [0.25, 0.3) is 5.91 Å². The first-order chi connectivity index (χ1) is 11.7. The molecule has 0 radical (unpaired) electrons. The molecule has 1 aliphatic heterocycles. The summed E-state index contributed by atoms with van der Waals surface area (Å²) >= 11 is 1.68. The fourth-order valence-corrected chi connectivity index (χ4v) is 3.60. The Morgan fingerprint density at radius 2 is 1.96 bits per heavy atom. The molecule has 3 heterocycles. The molecule has 2 aromatic heterocycles. The zero-order valence-corrected chi connectivity index (χ0v) is 14.3. The molecule has 0 spiro atoms. The van der Waals surface area contributed by atoms with Gasteiger partial charge >= 0.3 is 0 Å². The summed E-state index contributed by atoms with van der Waals surface area (Å²) in [5.41, 5.74) is 0.670. The van der Waals surface area contributed by atoms with E-state index in [4.69, 9.17) is 0 Å². The maximum atomic E-state index is 12.4. The Labute approximate surface area is 145 Å². The second-order valence-electron chi connectivity index (χ2n) is 5.95. The summed E-state index contributed by atoms with van der Waals surface area (Å²) in [5, 5.41) is 5.13. The highest BCUT2D eigenvalue weighted by molar-refractivity contribution is 7.09. The molecule has 0 saturated carbocycles. The molecule has 0 atom stereocenters. The van der Waals surface area contributed by atoms with Crippen LogP contribution in [0.4, 0.5) is 0 Å². The molecule has 1 N–H and O–H groups in total. The van der Waals surface area contributed by atoms with E-state index in [9.17, 15) is 9.59 Å². The second-order valence-corrected chi connectivity index (χ2v) is 6.98. The van der Waals surface area contributed by atoms with Crippen LogP contribution in [0.3, 0.4) is 0 Å². The zero-order valence-electron chi connectivity index (χ0n) is 13.5. The van der Waals surface area contributed by atoms with Gasteiger partial charge in [-0.15, -0.1) is 11.3 Å². The van der Waals surface area contributed by atoms with Crippen molar-refractivity contribution >= 4 is 23.2 Å². The number of nitrogens with zero attached hydrogens (tertiary/aromatic N) is 2. The minimum Gasteiger partial charge on any atom is -0.353 e. The summed E-state index contributed by atoms with van der Waals surface area (Å²) in [4.78, 5) is 31.4. The van der Waals surface area contributed by atoms with Gasteiger partial charge in [0.2, 0.25) is 5.91 Å². The fourth-order valence-electron chi connectivity index (χ4n) is 2.90. The van der Waals surface area contributed by atoms with Crippen LogP contribution < -0.4 is 5.32 Å². The molecule has 126 valence electrons. The molecule has 0 aromatic carbocycles. The lowest BCUT2D eigenvalue weighted by molar-refractivity contribution is -0.122. The summed E-state index contributed by atoms with van der Waals surface area (Å²) in [5.74, 6) is 0.141. The Hall–Kier alpha value is -2.21. The number of amides is 2. The topological polar surface area (TPSA) is 62.3 Å². The van der Waals surface area contributed by atoms with Crippen LogP contribution in [0.15, 0.2) is 42.0 Å². The predicted molar refractivity (Wildman–Crippen MR) is 93.9 cm³/mol. The van der Waals surface area contributed by atoms with E-state index < -0.39 is 0 Å². The SMILES string of the molecule is O=C(CCc1cccs1)NC1CCN(C(=O)c2ccncc2)CC1. The minimum atomic E-state index is 0.0415. The number of carbonyl (C=O) groups excluding carboxylic acids is 2. The third-order valence-electron chi connectivity index (χ3n) is 4.25. The molecule has 0 unspecified atom stereocenters. The molecule has 1 fully saturated rings. The number of thiophene rings is 1. The number of aromatic nitrogens is 1. The quantitative estimate of drug-likeness (QED) is 0.907. The van der Waals surface area contributed by atoms with Gasteiger partial charge < -0.3 is 10.2 Å². The number of carbonyl (C=O) groups is 2. The first kappa shape index (κ1) is 16.6. The molecule has 3 rings (SSSR count). The molecule has 2 amide bonds. The van der Waals surface area contributed by atoms with E-state index in [2.05, 4.69) is 16.4 Å². The molecule has 1 aliphatic rings. The van der Waals surface area contributed by atoms with Crippen LogP contribution in [0.2, 0.25) is 0 Å². The van der Waals surface area contributed by atoms with Crippen molar-refractivity contribution in [3.8, 4) is 0 Å². The van der Waals surface area contributed by atoms with Gasteiger partial charge in [0, 0.05) is 48.4 Å². The summed E-state index contributed by atoms with van der Waals surface area (Å²) in [7, 11) is 0. The highest BCUT2D eigenvalue weighted by Crippen LogP contribution is 2.15. The summed E-state index contributed by atoms with van der Waals surface area (Å²) in [6.07, 6.45) is 6.20. The first-order valence-corrected chi connectivity index (χ1v) is 9.11. The molecule has 1 saturated heterocycles. The van der Waals surface area contributed by atoms with E-state index in [0.717, 1.165) is 19.3 Å². The number of rotatable bonds is 5. The van der Waals surface area contributed by atoms with Crippen LogP contribution in [0.25, 0.3) is 0 Å². The van der Waals surface area contributed by atoms with Crippen molar-refractivity contribution in [3.63, 3.8) is 0 Å². The number of aryl methyl sites for hydroxylation is 1. The normalized spacial score (nSPS) is 15.2. The van der Waals surface area contributed by atoms with Crippen LogP contribution in [-0.2, 0) is 11.2 Å². The third kappa shape index (κ3) is 4.41. The largest absolute Gasteiger partial charge is 0.353 e. The molecule has 24 heavy (non-hydrogen) atoms. The standard InChI is InChI=1S/C18H21N3O2S/c22-17(4-3-16-2-1-13-24-16)20-15-7-11-21(12-8-15)18(23)14-5-9-19-10-6-14/h1-2,5-6,9-10,13,15H,3-4,7-8,11-12H2,(H,20,22). The average Bonchev–Trinajstić information content (AvgIpc) is 3.14. The van der Waals surface area contributed by atoms with Crippen LogP contribution in [0.5, 0.6) is 0 Å². The van der Waals surface area contributed by atoms with E-state index in [1.807, 2.05) is 16.3 Å². The summed E-state index contributed by atoms with van der Waals surface area (Å²) in [6.45, 7) is 1.36. The van der Waals surface area contributed by atoms with Crippen molar-refractivity contribution in [1.29, 1.82) is 0 Å². The second kappa shape index (κ2) is 8.06. The molecule has 2 aromatic rings. The van der Waals surface area contributed by atoms with E-state index in [1.54, 1.807) is 35.9 Å². The van der Waals surface area contributed by atoms with E-state index >= 15 is 0 Å². The van der Waals surface area contributed by atoms with Crippen molar-refractivity contribution < 1.29 is 9.59 Å². The summed E-state index contributed by atoms with van der Waals surface area (Å²) < 4.78 is 0.